The van der Waals surface area contributed by atoms with E-state index in [4.69, 9.17) is 5.84 Å². The van der Waals surface area contributed by atoms with Crippen LogP contribution in [0.4, 0.5) is 5.69 Å². The second-order valence-electron chi connectivity index (χ2n) is 2.36. The van der Waals surface area contributed by atoms with Crippen molar-refractivity contribution in [2.75, 3.05) is 12.5 Å². The lowest BCUT2D eigenvalue weighted by Crippen LogP contribution is -2.08. The summed E-state index contributed by atoms with van der Waals surface area (Å²) in [6.07, 6.45) is 0. The van der Waals surface area contributed by atoms with Gasteiger partial charge in [0.25, 0.3) is 0 Å². The van der Waals surface area contributed by atoms with Gasteiger partial charge in [-0.1, -0.05) is 15.9 Å². The zero-order valence-corrected chi connectivity index (χ0v) is 8.59. The van der Waals surface area contributed by atoms with E-state index < -0.39 is 5.97 Å². The molecule has 13 heavy (non-hydrogen) atoms. The molecule has 5 heteroatoms. The molecule has 0 aromatic heterocycles. The van der Waals surface area contributed by atoms with E-state index in [1.165, 1.54) is 7.11 Å². The molecule has 1 aromatic carbocycles. The van der Waals surface area contributed by atoms with E-state index in [2.05, 4.69) is 26.1 Å². The number of carbonyl (C=O) groups is 1. The molecule has 0 radical (unpaired) electrons. The van der Waals surface area contributed by atoms with Crippen LogP contribution >= 0.6 is 15.9 Å². The van der Waals surface area contributed by atoms with E-state index in [-0.39, 0.29) is 0 Å². The van der Waals surface area contributed by atoms with Crippen LogP contribution in [0.1, 0.15) is 10.4 Å². The Morgan fingerprint density at radius 1 is 1.54 bits per heavy atom. The zero-order chi connectivity index (χ0) is 9.84. The van der Waals surface area contributed by atoms with Crippen LogP contribution in [-0.2, 0) is 4.74 Å². The number of nitrogens with two attached hydrogens (primary N) is 1. The first-order valence-corrected chi connectivity index (χ1v) is 4.32. The van der Waals surface area contributed by atoms with Gasteiger partial charge in [-0.15, -0.1) is 0 Å². The summed E-state index contributed by atoms with van der Waals surface area (Å²) in [5.74, 6) is 4.82. The highest BCUT2D eigenvalue weighted by atomic mass is 79.9. The Morgan fingerprint density at radius 3 is 2.77 bits per heavy atom. The number of rotatable bonds is 2. The van der Waals surface area contributed by atoms with Crippen LogP contribution in [0, 0.1) is 0 Å². The van der Waals surface area contributed by atoms with Gasteiger partial charge in [0.05, 0.1) is 18.4 Å². The number of methoxy groups -OCH3 is 1. The molecule has 3 N–H and O–H groups in total. The summed E-state index contributed by atoms with van der Waals surface area (Å²) in [4.78, 5) is 11.1. The van der Waals surface area contributed by atoms with E-state index in [1.807, 2.05) is 0 Å². The lowest BCUT2D eigenvalue weighted by molar-refractivity contribution is 0.0600. The van der Waals surface area contributed by atoms with Crippen molar-refractivity contribution in [2.45, 2.75) is 0 Å². The van der Waals surface area contributed by atoms with Crippen molar-refractivity contribution >= 4 is 27.6 Å². The molecule has 0 spiro atoms. The zero-order valence-electron chi connectivity index (χ0n) is 7.00. The van der Waals surface area contributed by atoms with Gasteiger partial charge in [0.1, 0.15) is 0 Å². The van der Waals surface area contributed by atoms with E-state index >= 15 is 0 Å². The molecule has 0 atom stereocenters. The maximum Gasteiger partial charge on any atom is 0.337 e. The molecule has 0 amide bonds. The third kappa shape index (κ3) is 2.43. The molecule has 0 bridgehead atoms. The Bertz CT molecular complexity index is 328. The summed E-state index contributed by atoms with van der Waals surface area (Å²) in [6.45, 7) is 0. The molecule has 1 aromatic rings. The Balaban J connectivity index is 3.08. The number of esters is 1. The van der Waals surface area contributed by atoms with E-state index in [1.54, 1.807) is 18.2 Å². The van der Waals surface area contributed by atoms with Crippen molar-refractivity contribution in [2.24, 2.45) is 5.84 Å². The largest absolute Gasteiger partial charge is 0.465 e. The van der Waals surface area contributed by atoms with E-state index in [9.17, 15) is 4.79 Å². The number of anilines is 1. The molecular weight excluding hydrogens is 236 g/mol. The average Bonchev–Trinajstić information content (AvgIpc) is 2.15. The lowest BCUT2D eigenvalue weighted by atomic mass is 10.2. The van der Waals surface area contributed by atoms with Crippen molar-refractivity contribution in [3.05, 3.63) is 28.2 Å². The van der Waals surface area contributed by atoms with Crippen molar-refractivity contribution in [3.63, 3.8) is 0 Å². The Morgan fingerprint density at radius 2 is 2.23 bits per heavy atom. The van der Waals surface area contributed by atoms with Crippen molar-refractivity contribution < 1.29 is 9.53 Å². The smallest absolute Gasteiger partial charge is 0.337 e. The minimum Gasteiger partial charge on any atom is -0.465 e. The quantitative estimate of drug-likeness (QED) is 0.471. The first kappa shape index (κ1) is 10.0. The minimum atomic E-state index is -0.391. The SMILES string of the molecule is COC(=O)c1cc(Br)cc(NN)c1. The first-order valence-electron chi connectivity index (χ1n) is 3.53. The molecule has 4 nitrogen and oxygen atoms in total. The van der Waals surface area contributed by atoms with Crippen LogP contribution in [0.2, 0.25) is 0 Å². The third-order valence-corrected chi connectivity index (χ3v) is 1.94. The highest BCUT2D eigenvalue weighted by Gasteiger charge is 2.06. The van der Waals surface area contributed by atoms with Crippen LogP contribution in [0.15, 0.2) is 22.7 Å². The Labute approximate surface area is 84.2 Å². The number of hydrogen-bond acceptors (Lipinski definition) is 4. The number of nitrogens with one attached hydrogen (secondary N) is 1. The summed E-state index contributed by atoms with van der Waals surface area (Å²) in [7, 11) is 1.33. The minimum absolute atomic E-state index is 0.391. The predicted molar refractivity (Wildman–Crippen MR) is 53.3 cm³/mol. The van der Waals surface area contributed by atoms with Crippen LogP contribution in [0.3, 0.4) is 0 Å². The van der Waals surface area contributed by atoms with Gasteiger partial charge >= 0.3 is 5.97 Å². The molecule has 0 aliphatic heterocycles. The fraction of sp³-hybridized carbons (Fsp3) is 0.125. The van der Waals surface area contributed by atoms with Gasteiger partial charge in [0, 0.05) is 4.47 Å². The van der Waals surface area contributed by atoms with Gasteiger partial charge in [0.2, 0.25) is 0 Å². The summed E-state index contributed by atoms with van der Waals surface area (Å²) in [6, 6.07) is 5.02. The fourth-order valence-electron chi connectivity index (χ4n) is 0.909. The molecule has 70 valence electrons. The van der Waals surface area contributed by atoms with E-state index in [0.29, 0.717) is 11.3 Å². The van der Waals surface area contributed by atoms with Crippen molar-refractivity contribution in [3.8, 4) is 0 Å². The van der Waals surface area contributed by atoms with Crippen LogP contribution in [0.5, 0.6) is 0 Å². The molecule has 1 rings (SSSR count). The highest BCUT2D eigenvalue weighted by Crippen LogP contribution is 2.19. The summed E-state index contributed by atoms with van der Waals surface area (Å²) >= 11 is 3.25. The first-order chi connectivity index (χ1) is 6.17. The van der Waals surface area contributed by atoms with E-state index in [0.717, 1.165) is 4.47 Å². The lowest BCUT2D eigenvalue weighted by Gasteiger charge is -2.04. The number of carbonyl (C=O) groups excluding carboxylic acids is 1. The number of ether oxygens (including phenoxy) is 1. The van der Waals surface area contributed by atoms with Crippen molar-refractivity contribution in [1.82, 2.24) is 0 Å². The number of nitrogen functional groups attached to an aromatic ring is 1. The van der Waals surface area contributed by atoms with Gasteiger partial charge in [-0.05, 0) is 18.2 Å². The molecule has 0 aliphatic rings. The molecule has 0 fully saturated rings. The monoisotopic (exact) mass is 244 g/mol. The number of hydrogen-bond donors (Lipinski definition) is 2. The molecule has 0 saturated heterocycles. The number of halogens is 1. The average molecular weight is 245 g/mol. The molecule has 0 saturated carbocycles. The standard InChI is InChI=1S/C8H9BrN2O2/c1-13-8(12)5-2-6(9)4-7(3-5)11-10/h2-4,11H,10H2,1H3. The van der Waals surface area contributed by atoms with Gasteiger partial charge in [-0.3, -0.25) is 5.84 Å². The molecule has 0 heterocycles. The normalized spacial score (nSPS) is 9.46. The van der Waals surface area contributed by atoms with Crippen molar-refractivity contribution in [1.29, 1.82) is 0 Å². The topological polar surface area (TPSA) is 64.3 Å². The molecule has 0 aliphatic carbocycles. The van der Waals surface area contributed by atoms with Crippen LogP contribution in [-0.4, -0.2) is 13.1 Å². The fourth-order valence-corrected chi connectivity index (χ4v) is 1.40. The number of benzene rings is 1. The second-order valence-corrected chi connectivity index (χ2v) is 3.28. The maximum atomic E-state index is 11.1. The van der Waals surface area contributed by atoms with Gasteiger partial charge in [-0.2, -0.15) is 0 Å². The highest BCUT2D eigenvalue weighted by molar-refractivity contribution is 9.10. The maximum absolute atomic E-state index is 11.1. The van der Waals surface area contributed by atoms with Crippen LogP contribution in [0.25, 0.3) is 0 Å². The van der Waals surface area contributed by atoms with Gasteiger partial charge in [0.15, 0.2) is 0 Å². The summed E-state index contributed by atoms with van der Waals surface area (Å²) < 4.78 is 5.33. The second kappa shape index (κ2) is 4.25. The number of hydrazine groups is 1. The van der Waals surface area contributed by atoms with Gasteiger partial charge < -0.3 is 10.2 Å². The molecular formula is C8H9BrN2O2. The van der Waals surface area contributed by atoms with Crippen LogP contribution < -0.4 is 11.3 Å². The predicted octanol–water partition coefficient (Wildman–Crippen LogP) is 1.52. The Kier molecular flexibility index (Phi) is 3.27. The Hall–Kier alpha value is -1.07. The summed E-state index contributed by atoms with van der Waals surface area (Å²) in [5, 5.41) is 0. The van der Waals surface area contributed by atoms with Gasteiger partial charge in [-0.25, -0.2) is 4.79 Å². The molecule has 0 unspecified atom stereocenters. The third-order valence-electron chi connectivity index (χ3n) is 1.49. The summed E-state index contributed by atoms with van der Waals surface area (Å²) in [5.41, 5.74) is 3.55.